The number of piperidine rings is 1. The number of hydrogen-bond acceptors (Lipinski definition) is 3. The number of aromatic nitrogens is 1. The fourth-order valence-electron chi connectivity index (χ4n) is 2.81. The zero-order valence-corrected chi connectivity index (χ0v) is 12.0. The van der Waals surface area contributed by atoms with Gasteiger partial charge >= 0.3 is 5.97 Å². The summed E-state index contributed by atoms with van der Waals surface area (Å²) in [6.07, 6.45) is 1.48. The Hall–Kier alpha value is -2.30. The van der Waals surface area contributed by atoms with Gasteiger partial charge in [0.05, 0.1) is 6.54 Å². The van der Waals surface area contributed by atoms with Crippen molar-refractivity contribution >= 4 is 22.8 Å². The molecule has 0 saturated carbocycles. The molecule has 1 aromatic carbocycles. The highest BCUT2D eigenvalue weighted by Gasteiger charge is 2.26. The SMILES string of the molecule is CC(=O)OC1CCCN(C(=O)c2cc3ccccc3[nH]2)C1. The van der Waals surface area contributed by atoms with E-state index in [9.17, 15) is 9.59 Å². The van der Waals surface area contributed by atoms with Crippen molar-refractivity contribution in [1.82, 2.24) is 9.88 Å². The molecule has 1 aromatic heterocycles. The quantitative estimate of drug-likeness (QED) is 0.862. The van der Waals surface area contributed by atoms with E-state index in [4.69, 9.17) is 4.74 Å². The number of carbonyl (C=O) groups is 2. The molecule has 0 aliphatic carbocycles. The highest BCUT2D eigenvalue weighted by Crippen LogP contribution is 2.19. The van der Waals surface area contributed by atoms with Gasteiger partial charge in [-0.1, -0.05) is 18.2 Å². The lowest BCUT2D eigenvalue weighted by Crippen LogP contribution is -2.43. The topological polar surface area (TPSA) is 62.4 Å². The smallest absolute Gasteiger partial charge is 0.302 e. The van der Waals surface area contributed by atoms with Gasteiger partial charge in [-0.05, 0) is 25.0 Å². The molecule has 2 heterocycles. The summed E-state index contributed by atoms with van der Waals surface area (Å²) in [6.45, 7) is 2.57. The molecule has 1 aliphatic rings. The first-order valence-electron chi connectivity index (χ1n) is 7.18. The van der Waals surface area contributed by atoms with Crippen LogP contribution in [-0.2, 0) is 9.53 Å². The van der Waals surface area contributed by atoms with Crippen LogP contribution in [0.1, 0.15) is 30.3 Å². The maximum absolute atomic E-state index is 12.6. The number of para-hydroxylation sites is 1. The standard InChI is InChI=1S/C16H18N2O3/c1-11(19)21-13-6-4-8-18(10-13)16(20)15-9-12-5-2-3-7-14(12)17-15/h2-3,5,7,9,13,17H,4,6,8,10H2,1H3. The van der Waals surface area contributed by atoms with Crippen molar-refractivity contribution in [2.45, 2.75) is 25.9 Å². The van der Waals surface area contributed by atoms with Crippen LogP contribution in [0.25, 0.3) is 10.9 Å². The number of fused-ring (bicyclic) bond motifs is 1. The maximum Gasteiger partial charge on any atom is 0.302 e. The van der Waals surface area contributed by atoms with E-state index in [0.29, 0.717) is 18.8 Å². The molecule has 5 nitrogen and oxygen atoms in total. The Morgan fingerprint density at radius 1 is 1.33 bits per heavy atom. The van der Waals surface area contributed by atoms with E-state index in [0.717, 1.165) is 23.7 Å². The Bertz CT molecular complexity index is 644. The lowest BCUT2D eigenvalue weighted by atomic mass is 10.1. The molecule has 1 amide bonds. The van der Waals surface area contributed by atoms with Crippen molar-refractivity contribution in [1.29, 1.82) is 0 Å². The average Bonchev–Trinajstić information content (AvgIpc) is 2.90. The third-order valence-corrected chi connectivity index (χ3v) is 3.76. The van der Waals surface area contributed by atoms with Gasteiger partial charge in [0.1, 0.15) is 11.8 Å². The molecule has 1 unspecified atom stereocenters. The molecule has 0 radical (unpaired) electrons. The first-order chi connectivity index (χ1) is 10.1. The number of amides is 1. The number of likely N-dealkylation sites (tertiary alicyclic amines) is 1. The number of nitrogens with one attached hydrogen (secondary N) is 1. The summed E-state index contributed by atoms with van der Waals surface area (Å²) in [7, 11) is 0. The van der Waals surface area contributed by atoms with Crippen LogP contribution in [0.3, 0.4) is 0 Å². The molecule has 1 atom stereocenters. The zero-order chi connectivity index (χ0) is 14.8. The van der Waals surface area contributed by atoms with Crippen LogP contribution in [0.5, 0.6) is 0 Å². The number of H-pyrrole nitrogens is 1. The van der Waals surface area contributed by atoms with Crippen molar-refractivity contribution < 1.29 is 14.3 Å². The molecule has 3 rings (SSSR count). The predicted octanol–water partition coefficient (Wildman–Crippen LogP) is 2.34. The van der Waals surface area contributed by atoms with Crippen LogP contribution in [0.2, 0.25) is 0 Å². The molecule has 1 fully saturated rings. The van der Waals surface area contributed by atoms with Crippen molar-refractivity contribution in [3.8, 4) is 0 Å². The van der Waals surface area contributed by atoms with Crippen LogP contribution < -0.4 is 0 Å². The second kappa shape index (κ2) is 5.60. The Kier molecular flexibility index (Phi) is 3.64. The Balaban J connectivity index is 1.76. The molecule has 1 saturated heterocycles. The molecule has 21 heavy (non-hydrogen) atoms. The van der Waals surface area contributed by atoms with Gasteiger partial charge in [0.25, 0.3) is 5.91 Å². The van der Waals surface area contributed by atoms with E-state index in [-0.39, 0.29) is 18.0 Å². The van der Waals surface area contributed by atoms with Gasteiger partial charge < -0.3 is 14.6 Å². The number of benzene rings is 1. The summed E-state index contributed by atoms with van der Waals surface area (Å²) in [6, 6.07) is 9.67. The molecule has 110 valence electrons. The third kappa shape index (κ3) is 2.91. The van der Waals surface area contributed by atoms with E-state index in [1.165, 1.54) is 6.92 Å². The highest BCUT2D eigenvalue weighted by atomic mass is 16.5. The number of ether oxygens (including phenoxy) is 1. The highest BCUT2D eigenvalue weighted by molar-refractivity contribution is 5.98. The van der Waals surface area contributed by atoms with E-state index in [1.807, 2.05) is 30.3 Å². The van der Waals surface area contributed by atoms with Crippen LogP contribution in [0, 0.1) is 0 Å². The van der Waals surface area contributed by atoms with E-state index >= 15 is 0 Å². The molecular formula is C16H18N2O3. The lowest BCUT2D eigenvalue weighted by molar-refractivity contribution is -0.148. The number of hydrogen-bond donors (Lipinski definition) is 1. The second-order valence-electron chi connectivity index (χ2n) is 5.40. The minimum atomic E-state index is -0.292. The average molecular weight is 286 g/mol. The molecule has 1 aliphatic heterocycles. The fourth-order valence-corrected chi connectivity index (χ4v) is 2.81. The first kappa shape index (κ1) is 13.7. The van der Waals surface area contributed by atoms with Crippen LogP contribution in [0.15, 0.2) is 30.3 Å². The fraction of sp³-hybridized carbons (Fsp3) is 0.375. The first-order valence-corrected chi connectivity index (χ1v) is 7.18. The normalized spacial score (nSPS) is 18.7. The van der Waals surface area contributed by atoms with Crippen LogP contribution >= 0.6 is 0 Å². The molecule has 2 aromatic rings. The molecular weight excluding hydrogens is 268 g/mol. The van der Waals surface area contributed by atoms with E-state index in [1.54, 1.807) is 4.90 Å². The number of esters is 1. The Morgan fingerprint density at radius 3 is 2.90 bits per heavy atom. The number of rotatable bonds is 2. The summed E-state index contributed by atoms with van der Waals surface area (Å²) in [5, 5.41) is 1.02. The maximum atomic E-state index is 12.6. The van der Waals surface area contributed by atoms with Gasteiger partial charge in [-0.2, -0.15) is 0 Å². The Labute approximate surface area is 122 Å². The number of carbonyl (C=O) groups excluding carboxylic acids is 2. The van der Waals surface area contributed by atoms with Gasteiger partial charge in [0, 0.05) is 24.4 Å². The zero-order valence-electron chi connectivity index (χ0n) is 12.0. The van der Waals surface area contributed by atoms with Crippen LogP contribution in [-0.4, -0.2) is 41.0 Å². The van der Waals surface area contributed by atoms with Gasteiger partial charge in [0.15, 0.2) is 0 Å². The van der Waals surface area contributed by atoms with E-state index in [2.05, 4.69) is 4.98 Å². The van der Waals surface area contributed by atoms with Crippen molar-refractivity contribution in [3.05, 3.63) is 36.0 Å². The summed E-state index contributed by atoms with van der Waals surface area (Å²) in [5.41, 5.74) is 1.54. The number of aromatic amines is 1. The van der Waals surface area contributed by atoms with Crippen LogP contribution in [0.4, 0.5) is 0 Å². The minimum absolute atomic E-state index is 0.0388. The van der Waals surface area contributed by atoms with E-state index < -0.39 is 0 Å². The molecule has 0 bridgehead atoms. The summed E-state index contributed by atoms with van der Waals surface area (Å²) < 4.78 is 5.22. The lowest BCUT2D eigenvalue weighted by Gasteiger charge is -2.31. The van der Waals surface area contributed by atoms with Gasteiger partial charge in [-0.15, -0.1) is 0 Å². The second-order valence-corrected chi connectivity index (χ2v) is 5.40. The Morgan fingerprint density at radius 2 is 2.14 bits per heavy atom. The summed E-state index contributed by atoms with van der Waals surface area (Å²) in [5.74, 6) is -0.331. The molecule has 1 N–H and O–H groups in total. The third-order valence-electron chi connectivity index (χ3n) is 3.76. The predicted molar refractivity (Wildman–Crippen MR) is 79.0 cm³/mol. The molecule has 5 heteroatoms. The van der Waals surface area contributed by atoms with Crippen molar-refractivity contribution in [2.75, 3.05) is 13.1 Å². The molecule has 0 spiro atoms. The van der Waals surface area contributed by atoms with Crippen molar-refractivity contribution in [3.63, 3.8) is 0 Å². The van der Waals surface area contributed by atoms with Gasteiger partial charge in [0.2, 0.25) is 0 Å². The largest absolute Gasteiger partial charge is 0.461 e. The number of nitrogens with zero attached hydrogens (tertiary/aromatic N) is 1. The monoisotopic (exact) mass is 286 g/mol. The van der Waals surface area contributed by atoms with Gasteiger partial charge in [-0.3, -0.25) is 9.59 Å². The van der Waals surface area contributed by atoms with Crippen molar-refractivity contribution in [2.24, 2.45) is 0 Å². The minimum Gasteiger partial charge on any atom is -0.461 e. The summed E-state index contributed by atoms with van der Waals surface area (Å²) in [4.78, 5) is 28.5. The van der Waals surface area contributed by atoms with Gasteiger partial charge in [-0.25, -0.2) is 0 Å². The summed E-state index contributed by atoms with van der Waals surface area (Å²) >= 11 is 0.